The number of rotatable bonds is 6. The third-order valence-corrected chi connectivity index (χ3v) is 10.5. The van der Waals surface area contributed by atoms with E-state index in [9.17, 15) is 0 Å². The van der Waals surface area contributed by atoms with Crippen molar-refractivity contribution in [2.75, 3.05) is 4.90 Å². The lowest BCUT2D eigenvalue weighted by Crippen LogP contribution is -2.10. The highest BCUT2D eigenvalue weighted by molar-refractivity contribution is 6.01. The van der Waals surface area contributed by atoms with Gasteiger partial charge in [-0.1, -0.05) is 146 Å². The van der Waals surface area contributed by atoms with Gasteiger partial charge in [0, 0.05) is 28.2 Å². The first-order valence-electron chi connectivity index (χ1n) is 18.4. The van der Waals surface area contributed by atoms with Gasteiger partial charge in [-0.2, -0.15) is 0 Å². The summed E-state index contributed by atoms with van der Waals surface area (Å²) in [5.74, 6) is 1.68. The summed E-state index contributed by atoms with van der Waals surface area (Å²) in [7, 11) is 0. The number of hydrogen-bond donors (Lipinski definition) is 0. The van der Waals surface area contributed by atoms with E-state index in [4.69, 9.17) is 4.74 Å². The van der Waals surface area contributed by atoms with Crippen LogP contribution in [0.1, 0.15) is 0 Å². The normalized spacial score (nSPS) is 11.5. The van der Waals surface area contributed by atoms with Crippen molar-refractivity contribution in [3.8, 4) is 67.1 Å². The highest BCUT2D eigenvalue weighted by Gasteiger charge is 2.24. The van der Waals surface area contributed by atoms with Gasteiger partial charge in [0.05, 0.1) is 0 Å². The second kappa shape index (κ2) is 13.4. The molecule has 2 nitrogen and oxygen atoms in total. The van der Waals surface area contributed by atoms with Gasteiger partial charge in [0.2, 0.25) is 0 Å². The molecule has 0 aromatic heterocycles. The van der Waals surface area contributed by atoms with Crippen LogP contribution in [0.5, 0.6) is 11.5 Å². The number of hydrogen-bond acceptors (Lipinski definition) is 2. The van der Waals surface area contributed by atoms with E-state index in [0.29, 0.717) is 0 Å². The molecule has 1 heterocycles. The van der Waals surface area contributed by atoms with Crippen molar-refractivity contribution in [2.45, 2.75) is 0 Å². The molecule has 2 heteroatoms. The monoisotopic (exact) mass is 689 g/mol. The van der Waals surface area contributed by atoms with Gasteiger partial charge < -0.3 is 9.64 Å². The van der Waals surface area contributed by atoms with Crippen LogP contribution in [0.2, 0.25) is 0 Å². The zero-order valence-corrected chi connectivity index (χ0v) is 29.6. The average molecular weight is 690 g/mol. The lowest BCUT2D eigenvalue weighted by molar-refractivity contribution is 0.488. The maximum atomic E-state index is 6.86. The van der Waals surface area contributed by atoms with Crippen LogP contribution in [0.25, 0.3) is 66.4 Å². The Morgan fingerprint density at radius 2 is 0.630 bits per heavy atom. The molecule has 254 valence electrons. The summed E-state index contributed by atoms with van der Waals surface area (Å²) >= 11 is 0. The standard InChI is InChI=1S/C52H35NO/c1-4-12-36(13-5-1)39-20-25-44(26-21-39)53(45-27-22-40(23-28-45)37-14-6-2-7-15-37)46-29-31-52-50(35-46)48-33-42-19-11-10-18-41(42)32-47(48)49-34-43(24-30-51(49)54-52)38-16-8-3-9-17-38/h1-35H. The summed E-state index contributed by atoms with van der Waals surface area (Å²) in [5.41, 5.74) is 14.7. The van der Waals surface area contributed by atoms with Crippen molar-refractivity contribution >= 4 is 27.8 Å². The van der Waals surface area contributed by atoms with Crippen LogP contribution in [0.4, 0.5) is 17.1 Å². The Bertz CT molecular complexity index is 2670. The molecular weight excluding hydrogens is 655 g/mol. The maximum absolute atomic E-state index is 6.86. The largest absolute Gasteiger partial charge is 0.456 e. The minimum absolute atomic E-state index is 0.834. The van der Waals surface area contributed by atoms with E-state index >= 15 is 0 Å². The summed E-state index contributed by atoms with van der Waals surface area (Å²) in [6.45, 7) is 0. The molecule has 0 N–H and O–H groups in total. The molecule has 1 aliphatic heterocycles. The fourth-order valence-corrected chi connectivity index (χ4v) is 7.71. The van der Waals surface area contributed by atoms with Gasteiger partial charge in [0.1, 0.15) is 11.5 Å². The van der Waals surface area contributed by atoms with Crippen LogP contribution in [0.3, 0.4) is 0 Å². The van der Waals surface area contributed by atoms with Crippen LogP contribution in [0.15, 0.2) is 212 Å². The molecule has 9 aromatic rings. The third-order valence-electron chi connectivity index (χ3n) is 10.5. The Hall–Kier alpha value is -7.16. The van der Waals surface area contributed by atoms with E-state index < -0.39 is 0 Å². The Labute approximate surface area is 315 Å². The summed E-state index contributed by atoms with van der Waals surface area (Å²) in [4.78, 5) is 2.34. The quantitative estimate of drug-likeness (QED) is 0.172. The fraction of sp³-hybridized carbons (Fsp3) is 0. The van der Waals surface area contributed by atoms with Gasteiger partial charge in [-0.25, -0.2) is 0 Å². The number of ether oxygens (including phenoxy) is 1. The van der Waals surface area contributed by atoms with Crippen LogP contribution < -0.4 is 9.64 Å². The Morgan fingerprint density at radius 3 is 1.13 bits per heavy atom. The van der Waals surface area contributed by atoms with Crippen molar-refractivity contribution in [3.05, 3.63) is 212 Å². The highest BCUT2D eigenvalue weighted by Crippen LogP contribution is 2.51. The minimum Gasteiger partial charge on any atom is -0.456 e. The lowest BCUT2D eigenvalue weighted by Gasteiger charge is -2.27. The molecule has 10 rings (SSSR count). The van der Waals surface area contributed by atoms with E-state index in [0.717, 1.165) is 56.4 Å². The van der Waals surface area contributed by atoms with Gasteiger partial charge in [0.25, 0.3) is 0 Å². The predicted octanol–water partition coefficient (Wildman–Crippen LogP) is 14.8. The van der Waals surface area contributed by atoms with E-state index in [2.05, 4.69) is 217 Å². The van der Waals surface area contributed by atoms with Gasteiger partial charge in [0.15, 0.2) is 0 Å². The second-order valence-corrected chi connectivity index (χ2v) is 13.8. The average Bonchev–Trinajstić information content (AvgIpc) is 3.38. The Kier molecular flexibility index (Phi) is 7.85. The zero-order valence-electron chi connectivity index (χ0n) is 29.6. The molecule has 54 heavy (non-hydrogen) atoms. The van der Waals surface area contributed by atoms with E-state index in [1.165, 1.54) is 38.6 Å². The first-order valence-corrected chi connectivity index (χ1v) is 18.4. The third kappa shape index (κ3) is 5.81. The fourth-order valence-electron chi connectivity index (χ4n) is 7.71. The Balaban J connectivity index is 1.14. The number of fused-ring (bicyclic) bond motifs is 6. The molecular formula is C52H35NO. The van der Waals surface area contributed by atoms with Crippen LogP contribution >= 0.6 is 0 Å². The number of nitrogens with zero attached hydrogens (tertiary/aromatic N) is 1. The minimum atomic E-state index is 0.834. The Morgan fingerprint density at radius 1 is 0.259 bits per heavy atom. The summed E-state index contributed by atoms with van der Waals surface area (Å²) < 4.78 is 6.86. The molecule has 0 saturated heterocycles. The SMILES string of the molecule is c1ccc(-c2ccc(N(c3ccc(-c4ccccc4)cc3)c3ccc4c(c3)-c3cc5ccccc5cc3-c3cc(-c5ccccc5)ccc3O4)cc2)cc1. The molecule has 0 bridgehead atoms. The van der Waals surface area contributed by atoms with Crippen LogP contribution in [0, 0.1) is 0 Å². The number of anilines is 3. The summed E-state index contributed by atoms with van der Waals surface area (Å²) in [5, 5.41) is 2.39. The van der Waals surface area contributed by atoms with Crippen molar-refractivity contribution < 1.29 is 4.74 Å². The first-order chi connectivity index (χ1) is 26.7. The van der Waals surface area contributed by atoms with Gasteiger partial charge >= 0.3 is 0 Å². The molecule has 9 aromatic carbocycles. The van der Waals surface area contributed by atoms with Gasteiger partial charge in [-0.15, -0.1) is 0 Å². The van der Waals surface area contributed by atoms with Gasteiger partial charge in [-0.3, -0.25) is 0 Å². The maximum Gasteiger partial charge on any atom is 0.135 e. The molecule has 1 aliphatic rings. The van der Waals surface area contributed by atoms with Crippen LogP contribution in [-0.4, -0.2) is 0 Å². The molecule has 0 aliphatic carbocycles. The van der Waals surface area contributed by atoms with Crippen molar-refractivity contribution in [3.63, 3.8) is 0 Å². The van der Waals surface area contributed by atoms with Crippen molar-refractivity contribution in [2.24, 2.45) is 0 Å². The number of benzene rings is 9. The molecule has 0 fully saturated rings. The molecule has 0 spiro atoms. The molecule has 0 unspecified atom stereocenters. The summed E-state index contributed by atoms with van der Waals surface area (Å²) in [6.07, 6.45) is 0. The zero-order chi connectivity index (χ0) is 35.8. The topological polar surface area (TPSA) is 12.5 Å². The van der Waals surface area contributed by atoms with E-state index in [1.807, 2.05) is 0 Å². The van der Waals surface area contributed by atoms with E-state index in [-0.39, 0.29) is 0 Å². The van der Waals surface area contributed by atoms with Crippen molar-refractivity contribution in [1.82, 2.24) is 0 Å². The highest BCUT2D eigenvalue weighted by atomic mass is 16.5. The molecule has 0 radical (unpaired) electrons. The smallest absolute Gasteiger partial charge is 0.135 e. The summed E-state index contributed by atoms with van der Waals surface area (Å²) in [6, 6.07) is 75.8. The molecule has 0 atom stereocenters. The van der Waals surface area contributed by atoms with Crippen molar-refractivity contribution in [1.29, 1.82) is 0 Å². The molecule has 0 amide bonds. The van der Waals surface area contributed by atoms with E-state index in [1.54, 1.807) is 0 Å². The van der Waals surface area contributed by atoms with Gasteiger partial charge in [-0.05, 0) is 122 Å². The lowest BCUT2D eigenvalue weighted by atomic mass is 9.90. The molecule has 0 saturated carbocycles. The first kappa shape index (κ1) is 31.6. The second-order valence-electron chi connectivity index (χ2n) is 13.8. The predicted molar refractivity (Wildman–Crippen MR) is 226 cm³/mol. The van der Waals surface area contributed by atoms with Crippen LogP contribution in [-0.2, 0) is 0 Å².